The van der Waals surface area contributed by atoms with Crippen molar-refractivity contribution >= 4 is 36.8 Å². The molecule has 1 amide bonds. The standard InChI is InChI=1S/C15H14BClN2O4/c1-7-2-10(16)11(17)4-9(7)8-3-12(20)14(18-5-8)15(23)19-6-13(21)22/h2-5,20H,6,16H2,1H3,(H,19,23)(H,21,22). The van der Waals surface area contributed by atoms with E-state index in [9.17, 15) is 14.7 Å². The van der Waals surface area contributed by atoms with Crippen LogP contribution in [0.1, 0.15) is 16.1 Å². The normalized spacial score (nSPS) is 10.3. The molecule has 1 heterocycles. The summed E-state index contributed by atoms with van der Waals surface area (Å²) < 4.78 is 0. The fourth-order valence-electron chi connectivity index (χ4n) is 2.15. The van der Waals surface area contributed by atoms with Crippen molar-refractivity contribution in [1.29, 1.82) is 0 Å². The molecule has 0 saturated heterocycles. The Morgan fingerprint density at radius 2 is 2.04 bits per heavy atom. The third-order valence-electron chi connectivity index (χ3n) is 3.30. The van der Waals surface area contributed by atoms with Gasteiger partial charge in [0.15, 0.2) is 5.69 Å². The molecule has 23 heavy (non-hydrogen) atoms. The van der Waals surface area contributed by atoms with E-state index in [4.69, 9.17) is 16.7 Å². The second-order valence-corrected chi connectivity index (χ2v) is 5.49. The molecule has 0 spiro atoms. The first-order chi connectivity index (χ1) is 10.8. The summed E-state index contributed by atoms with van der Waals surface area (Å²) in [6.07, 6.45) is 1.43. The topological polar surface area (TPSA) is 99.5 Å². The number of hydrogen-bond acceptors (Lipinski definition) is 4. The van der Waals surface area contributed by atoms with Crippen molar-refractivity contribution in [2.75, 3.05) is 6.54 Å². The van der Waals surface area contributed by atoms with Gasteiger partial charge in [-0.1, -0.05) is 23.1 Å². The minimum Gasteiger partial charge on any atom is -0.505 e. The van der Waals surface area contributed by atoms with Crippen molar-refractivity contribution in [1.82, 2.24) is 10.3 Å². The van der Waals surface area contributed by atoms with E-state index in [2.05, 4.69) is 10.3 Å². The van der Waals surface area contributed by atoms with E-state index >= 15 is 0 Å². The number of nitrogens with one attached hydrogen (secondary N) is 1. The van der Waals surface area contributed by atoms with Crippen molar-refractivity contribution in [2.45, 2.75) is 6.92 Å². The SMILES string of the molecule is Bc1cc(C)c(-c2cnc(C(=O)NCC(=O)O)c(O)c2)cc1Cl. The average Bonchev–Trinajstić information content (AvgIpc) is 2.48. The van der Waals surface area contributed by atoms with E-state index in [0.717, 1.165) is 16.6 Å². The number of carbonyl (C=O) groups excluding carboxylic acids is 1. The van der Waals surface area contributed by atoms with Crippen LogP contribution < -0.4 is 10.8 Å². The zero-order valence-corrected chi connectivity index (χ0v) is 13.3. The van der Waals surface area contributed by atoms with E-state index in [1.165, 1.54) is 12.3 Å². The summed E-state index contributed by atoms with van der Waals surface area (Å²) in [4.78, 5) is 26.1. The number of aryl methyl sites for hydroxylation is 1. The average molecular weight is 333 g/mol. The molecule has 0 radical (unpaired) electrons. The Hall–Kier alpha value is -2.54. The maximum atomic E-state index is 11.8. The molecule has 0 atom stereocenters. The van der Waals surface area contributed by atoms with Gasteiger partial charge in [-0.15, -0.1) is 0 Å². The van der Waals surface area contributed by atoms with Gasteiger partial charge < -0.3 is 15.5 Å². The molecule has 8 heteroatoms. The van der Waals surface area contributed by atoms with Crippen LogP contribution in [0.15, 0.2) is 24.4 Å². The second-order valence-electron chi connectivity index (χ2n) is 5.08. The highest BCUT2D eigenvalue weighted by atomic mass is 35.5. The van der Waals surface area contributed by atoms with Gasteiger partial charge in [0.05, 0.1) is 0 Å². The monoisotopic (exact) mass is 332 g/mol. The van der Waals surface area contributed by atoms with Gasteiger partial charge in [-0.2, -0.15) is 0 Å². The van der Waals surface area contributed by atoms with Crippen LogP contribution in [0.4, 0.5) is 0 Å². The first kappa shape index (κ1) is 16.8. The number of aromatic hydroxyl groups is 1. The zero-order valence-electron chi connectivity index (χ0n) is 12.6. The third-order valence-corrected chi connectivity index (χ3v) is 3.71. The molecule has 2 rings (SSSR count). The minimum atomic E-state index is -1.18. The van der Waals surface area contributed by atoms with Gasteiger partial charge in [0.25, 0.3) is 5.91 Å². The van der Waals surface area contributed by atoms with Crippen LogP contribution in [-0.2, 0) is 4.79 Å². The zero-order chi connectivity index (χ0) is 17.1. The highest BCUT2D eigenvalue weighted by Gasteiger charge is 2.15. The van der Waals surface area contributed by atoms with Crippen molar-refractivity contribution < 1.29 is 19.8 Å². The first-order valence-corrected chi connectivity index (χ1v) is 7.13. The van der Waals surface area contributed by atoms with Gasteiger partial charge in [0, 0.05) is 16.8 Å². The lowest BCUT2D eigenvalue weighted by Gasteiger charge is -2.11. The van der Waals surface area contributed by atoms with Crippen LogP contribution >= 0.6 is 11.6 Å². The number of halogens is 1. The number of carbonyl (C=O) groups is 2. The number of hydrogen-bond donors (Lipinski definition) is 3. The summed E-state index contributed by atoms with van der Waals surface area (Å²) in [5.74, 6) is -2.27. The van der Waals surface area contributed by atoms with Crippen molar-refractivity contribution in [3.8, 4) is 16.9 Å². The molecule has 0 aliphatic rings. The summed E-state index contributed by atoms with van der Waals surface area (Å²) in [6.45, 7) is 1.36. The Morgan fingerprint density at radius 3 is 2.65 bits per heavy atom. The third kappa shape index (κ3) is 3.81. The number of benzene rings is 1. The van der Waals surface area contributed by atoms with Crippen LogP contribution in [0.2, 0.25) is 5.02 Å². The molecular formula is C15H14BClN2O4. The van der Waals surface area contributed by atoms with Crippen LogP contribution in [0.5, 0.6) is 5.75 Å². The second kappa shape index (κ2) is 6.70. The Labute approximate surface area is 138 Å². The largest absolute Gasteiger partial charge is 0.505 e. The molecule has 1 aromatic heterocycles. The molecule has 1 aromatic carbocycles. The van der Waals surface area contributed by atoms with E-state index in [0.29, 0.717) is 10.6 Å². The van der Waals surface area contributed by atoms with Gasteiger partial charge >= 0.3 is 5.97 Å². The number of pyridine rings is 1. The molecule has 0 aliphatic carbocycles. The highest BCUT2D eigenvalue weighted by molar-refractivity contribution is 6.45. The van der Waals surface area contributed by atoms with Crippen molar-refractivity contribution in [2.24, 2.45) is 0 Å². The maximum absolute atomic E-state index is 11.8. The molecule has 0 unspecified atom stereocenters. The predicted octanol–water partition coefficient (Wildman–Crippen LogP) is 0.489. The van der Waals surface area contributed by atoms with Crippen molar-refractivity contribution in [3.05, 3.63) is 40.7 Å². The first-order valence-electron chi connectivity index (χ1n) is 6.75. The van der Waals surface area contributed by atoms with Gasteiger partial charge in [0.2, 0.25) is 0 Å². The Kier molecular flexibility index (Phi) is 4.90. The van der Waals surface area contributed by atoms with E-state index in [-0.39, 0.29) is 11.4 Å². The van der Waals surface area contributed by atoms with Crippen molar-refractivity contribution in [3.63, 3.8) is 0 Å². The smallest absolute Gasteiger partial charge is 0.322 e. The lowest BCUT2D eigenvalue weighted by Crippen LogP contribution is -2.29. The Morgan fingerprint density at radius 1 is 1.35 bits per heavy atom. The summed E-state index contributed by atoms with van der Waals surface area (Å²) in [5.41, 5.74) is 3.06. The molecule has 0 saturated carbocycles. The molecule has 0 aliphatic heterocycles. The van der Waals surface area contributed by atoms with Crippen LogP contribution in [0, 0.1) is 6.92 Å². The lowest BCUT2D eigenvalue weighted by molar-refractivity contribution is -0.135. The van der Waals surface area contributed by atoms with E-state index in [1.54, 1.807) is 6.07 Å². The van der Waals surface area contributed by atoms with Crippen LogP contribution in [0.3, 0.4) is 0 Å². The highest BCUT2D eigenvalue weighted by Crippen LogP contribution is 2.28. The van der Waals surface area contributed by atoms with Gasteiger partial charge in [-0.25, -0.2) is 4.98 Å². The number of aromatic nitrogens is 1. The number of aliphatic carboxylic acids is 1. The van der Waals surface area contributed by atoms with Gasteiger partial charge in [-0.3, -0.25) is 9.59 Å². The Balaban J connectivity index is 2.34. The number of carboxylic acid groups (broad SMARTS) is 1. The van der Waals surface area contributed by atoms with E-state index in [1.807, 2.05) is 20.8 Å². The molecule has 6 nitrogen and oxygen atoms in total. The molecule has 0 bridgehead atoms. The summed E-state index contributed by atoms with van der Waals surface area (Å²) in [5, 5.41) is 21.3. The molecule has 118 valence electrons. The molecule has 3 N–H and O–H groups in total. The lowest BCUT2D eigenvalue weighted by atomic mass is 9.90. The summed E-state index contributed by atoms with van der Waals surface area (Å²) >= 11 is 6.13. The summed E-state index contributed by atoms with van der Waals surface area (Å²) in [6, 6.07) is 5.09. The molecule has 2 aromatic rings. The quantitative estimate of drug-likeness (QED) is 0.708. The predicted molar refractivity (Wildman–Crippen MR) is 89.2 cm³/mol. The summed E-state index contributed by atoms with van der Waals surface area (Å²) in [7, 11) is 1.89. The van der Waals surface area contributed by atoms with Gasteiger partial charge in [0.1, 0.15) is 20.1 Å². The van der Waals surface area contributed by atoms with Crippen LogP contribution in [0.25, 0.3) is 11.1 Å². The fourth-order valence-corrected chi connectivity index (χ4v) is 2.32. The molecule has 0 fully saturated rings. The van der Waals surface area contributed by atoms with Gasteiger partial charge in [-0.05, 0) is 30.2 Å². The Bertz CT molecular complexity index is 795. The minimum absolute atomic E-state index is 0.231. The number of rotatable bonds is 4. The molecular weight excluding hydrogens is 318 g/mol. The number of nitrogens with zero attached hydrogens (tertiary/aromatic N) is 1. The number of amides is 1. The number of carboxylic acids is 1. The van der Waals surface area contributed by atoms with E-state index < -0.39 is 18.4 Å². The van der Waals surface area contributed by atoms with Crippen LogP contribution in [-0.4, -0.2) is 41.5 Å². The fraction of sp³-hybridized carbons (Fsp3) is 0.133. The maximum Gasteiger partial charge on any atom is 0.322 e.